The molecular formula is C28H29N7O3S. The third-order valence-electron chi connectivity index (χ3n) is 7.40. The first-order valence-electron chi connectivity index (χ1n) is 13.2. The van der Waals surface area contributed by atoms with Crippen molar-refractivity contribution >= 4 is 29.1 Å². The van der Waals surface area contributed by atoms with E-state index in [1.54, 1.807) is 25.4 Å². The third kappa shape index (κ3) is 5.14. The summed E-state index contributed by atoms with van der Waals surface area (Å²) in [4.78, 5) is 45.8. The molecule has 2 aliphatic rings. The van der Waals surface area contributed by atoms with Gasteiger partial charge in [-0.25, -0.2) is 15.0 Å². The number of anilines is 1. The largest absolute Gasteiger partial charge is 0.360 e. The van der Waals surface area contributed by atoms with Crippen molar-refractivity contribution in [3.8, 4) is 11.3 Å². The Morgan fingerprint density at radius 3 is 2.31 bits per heavy atom. The number of carbonyl (C=O) groups excluding carboxylic acids is 2. The zero-order chi connectivity index (χ0) is 26.8. The number of aryl methyl sites for hydroxylation is 1. The summed E-state index contributed by atoms with van der Waals surface area (Å²) in [5.74, 6) is 1.36. The van der Waals surface area contributed by atoms with Gasteiger partial charge in [0.2, 0.25) is 5.95 Å². The molecule has 0 spiro atoms. The number of hydrogen-bond acceptors (Lipinski definition) is 9. The Labute approximate surface area is 230 Å². The normalized spacial score (nSPS) is 16.5. The van der Waals surface area contributed by atoms with Gasteiger partial charge < -0.3 is 19.2 Å². The van der Waals surface area contributed by atoms with E-state index in [0.717, 1.165) is 23.4 Å². The number of carbonyl (C=O) groups is 2. The summed E-state index contributed by atoms with van der Waals surface area (Å²) in [6, 6.07) is 11.4. The Bertz CT molecular complexity index is 1440. The first kappa shape index (κ1) is 25.2. The lowest BCUT2D eigenvalue weighted by atomic mass is 9.96. The van der Waals surface area contributed by atoms with Crippen LogP contribution in [0.1, 0.15) is 50.4 Å². The minimum atomic E-state index is -0.0545. The highest BCUT2D eigenvalue weighted by atomic mass is 32.1. The number of aromatic nitrogens is 4. The number of thiazole rings is 1. The second-order valence-electron chi connectivity index (χ2n) is 9.79. The molecule has 0 unspecified atom stereocenters. The van der Waals surface area contributed by atoms with Crippen molar-refractivity contribution in [3.63, 3.8) is 0 Å². The van der Waals surface area contributed by atoms with E-state index in [-0.39, 0.29) is 17.7 Å². The Balaban J connectivity index is 1.06. The number of likely N-dealkylation sites (tertiary alicyclic amines) is 1. The maximum atomic E-state index is 13.5. The van der Waals surface area contributed by atoms with Crippen molar-refractivity contribution in [3.05, 3.63) is 76.2 Å². The zero-order valence-corrected chi connectivity index (χ0v) is 22.5. The predicted molar refractivity (Wildman–Crippen MR) is 147 cm³/mol. The summed E-state index contributed by atoms with van der Waals surface area (Å²) in [5, 5.41) is 7.00. The van der Waals surface area contributed by atoms with Crippen LogP contribution in [0.3, 0.4) is 0 Å². The molecule has 2 saturated heterocycles. The number of piperazine rings is 1. The fourth-order valence-corrected chi connectivity index (χ4v) is 6.17. The summed E-state index contributed by atoms with van der Waals surface area (Å²) in [5.41, 5.74) is 2.48. The van der Waals surface area contributed by atoms with Crippen LogP contribution in [0, 0.1) is 6.92 Å². The molecule has 2 fully saturated rings. The molecule has 2 amide bonds. The van der Waals surface area contributed by atoms with Crippen LogP contribution in [0.4, 0.5) is 5.95 Å². The van der Waals surface area contributed by atoms with Crippen LogP contribution in [-0.4, -0.2) is 81.0 Å². The summed E-state index contributed by atoms with van der Waals surface area (Å²) in [7, 11) is 0. The lowest BCUT2D eigenvalue weighted by Gasteiger charge is -2.34. The molecule has 5 heterocycles. The average molecular weight is 544 g/mol. The van der Waals surface area contributed by atoms with E-state index in [4.69, 9.17) is 9.51 Å². The molecule has 0 radical (unpaired) electrons. The van der Waals surface area contributed by atoms with Crippen molar-refractivity contribution in [2.45, 2.75) is 25.7 Å². The third-order valence-corrected chi connectivity index (χ3v) is 8.41. The van der Waals surface area contributed by atoms with Crippen LogP contribution in [0.5, 0.6) is 0 Å². The van der Waals surface area contributed by atoms with Gasteiger partial charge in [-0.15, -0.1) is 11.3 Å². The van der Waals surface area contributed by atoms with Gasteiger partial charge in [0.15, 0.2) is 0 Å². The van der Waals surface area contributed by atoms with E-state index >= 15 is 0 Å². The lowest BCUT2D eigenvalue weighted by Crippen LogP contribution is -2.49. The fourth-order valence-electron chi connectivity index (χ4n) is 5.20. The minimum Gasteiger partial charge on any atom is -0.360 e. The number of piperidine rings is 1. The molecule has 0 saturated carbocycles. The molecule has 3 aromatic heterocycles. The molecular weight excluding hydrogens is 514 g/mol. The maximum Gasteiger partial charge on any atom is 0.273 e. The summed E-state index contributed by atoms with van der Waals surface area (Å²) in [6.07, 6.45) is 5.06. The molecule has 11 heteroatoms. The Morgan fingerprint density at radius 2 is 1.59 bits per heavy atom. The van der Waals surface area contributed by atoms with Gasteiger partial charge in [-0.2, -0.15) is 0 Å². The van der Waals surface area contributed by atoms with E-state index in [2.05, 4.69) is 20.0 Å². The molecule has 0 N–H and O–H groups in total. The zero-order valence-electron chi connectivity index (χ0n) is 21.7. The molecule has 10 nitrogen and oxygen atoms in total. The van der Waals surface area contributed by atoms with Gasteiger partial charge in [0.05, 0.1) is 5.01 Å². The van der Waals surface area contributed by atoms with Gasteiger partial charge in [-0.05, 0) is 25.8 Å². The van der Waals surface area contributed by atoms with Crippen LogP contribution >= 0.6 is 11.3 Å². The van der Waals surface area contributed by atoms with E-state index in [1.807, 2.05) is 45.5 Å². The van der Waals surface area contributed by atoms with Crippen LogP contribution < -0.4 is 4.90 Å². The number of hydrogen-bond donors (Lipinski definition) is 0. The quantitative estimate of drug-likeness (QED) is 0.373. The fraction of sp³-hybridized carbons (Fsp3) is 0.357. The van der Waals surface area contributed by atoms with Crippen LogP contribution in [0.15, 0.2) is 58.7 Å². The number of nitrogens with zero attached hydrogens (tertiary/aromatic N) is 7. The highest BCUT2D eigenvalue weighted by Gasteiger charge is 2.31. The van der Waals surface area contributed by atoms with Crippen molar-refractivity contribution in [2.24, 2.45) is 0 Å². The topological polar surface area (TPSA) is 109 Å². The van der Waals surface area contributed by atoms with E-state index in [0.29, 0.717) is 67.9 Å². The van der Waals surface area contributed by atoms with Gasteiger partial charge in [0, 0.05) is 68.5 Å². The van der Waals surface area contributed by atoms with Crippen LogP contribution in [0.2, 0.25) is 0 Å². The maximum absolute atomic E-state index is 13.5. The standard InChI is InChI=1S/C28H29N7O3S/c1-19-23(24(32-38-19)20-6-3-2-4-7-20)27(37)33-12-8-21(9-13-33)25-31-22(18-39-25)26(36)34-14-16-35(17-15-34)28-29-10-5-11-30-28/h2-7,10-11,18,21H,8-9,12-17H2,1H3. The molecule has 4 aromatic rings. The molecule has 2 aliphatic heterocycles. The van der Waals surface area contributed by atoms with E-state index in [1.165, 1.54) is 11.3 Å². The average Bonchev–Trinajstić information content (AvgIpc) is 3.65. The number of benzene rings is 1. The van der Waals surface area contributed by atoms with Crippen molar-refractivity contribution in [2.75, 3.05) is 44.2 Å². The molecule has 0 bridgehead atoms. The summed E-state index contributed by atoms with van der Waals surface area (Å²) < 4.78 is 5.41. The van der Waals surface area contributed by atoms with Crippen LogP contribution in [-0.2, 0) is 0 Å². The number of amides is 2. The minimum absolute atomic E-state index is 0.0323. The van der Waals surface area contributed by atoms with Crippen LogP contribution in [0.25, 0.3) is 11.3 Å². The second kappa shape index (κ2) is 10.9. The molecule has 0 atom stereocenters. The van der Waals surface area contributed by atoms with Gasteiger partial charge >= 0.3 is 0 Å². The smallest absolute Gasteiger partial charge is 0.273 e. The van der Waals surface area contributed by atoms with E-state index in [9.17, 15) is 9.59 Å². The Morgan fingerprint density at radius 1 is 0.897 bits per heavy atom. The monoisotopic (exact) mass is 543 g/mol. The van der Waals surface area contributed by atoms with Gasteiger partial charge in [-0.3, -0.25) is 9.59 Å². The second-order valence-corrected chi connectivity index (χ2v) is 10.7. The summed E-state index contributed by atoms with van der Waals surface area (Å²) >= 11 is 1.54. The van der Waals surface area contributed by atoms with Crippen molar-refractivity contribution in [1.29, 1.82) is 0 Å². The molecule has 39 heavy (non-hydrogen) atoms. The lowest BCUT2D eigenvalue weighted by molar-refractivity contribution is 0.0711. The van der Waals surface area contributed by atoms with Gasteiger partial charge in [-0.1, -0.05) is 35.5 Å². The first-order chi connectivity index (χ1) is 19.1. The Hall–Kier alpha value is -4.12. The molecule has 0 aliphatic carbocycles. The van der Waals surface area contributed by atoms with E-state index < -0.39 is 0 Å². The number of rotatable bonds is 5. The predicted octanol–water partition coefficient (Wildman–Crippen LogP) is 3.88. The van der Waals surface area contributed by atoms with Gasteiger partial charge in [0.1, 0.15) is 22.7 Å². The molecule has 1 aromatic carbocycles. The SMILES string of the molecule is Cc1onc(-c2ccccc2)c1C(=O)N1CCC(c2nc(C(=O)N3CCN(c4ncccn4)CC3)cs2)CC1. The molecule has 200 valence electrons. The Kier molecular flexibility index (Phi) is 7.06. The van der Waals surface area contributed by atoms with Crippen molar-refractivity contribution in [1.82, 2.24) is 29.9 Å². The highest BCUT2D eigenvalue weighted by Crippen LogP contribution is 2.33. The first-order valence-corrected chi connectivity index (χ1v) is 14.0. The van der Waals surface area contributed by atoms with Crippen molar-refractivity contribution < 1.29 is 14.1 Å². The summed E-state index contributed by atoms with van der Waals surface area (Å²) in [6.45, 7) is 5.62. The van der Waals surface area contributed by atoms with Gasteiger partial charge in [0.25, 0.3) is 11.8 Å². The molecule has 6 rings (SSSR count). The highest BCUT2D eigenvalue weighted by molar-refractivity contribution is 7.09.